The Balaban J connectivity index is 1.77. The summed E-state index contributed by atoms with van der Waals surface area (Å²) in [6.45, 7) is 1.81. The Labute approximate surface area is 110 Å². The van der Waals surface area contributed by atoms with Gasteiger partial charge in [-0.3, -0.25) is 0 Å². The van der Waals surface area contributed by atoms with Gasteiger partial charge >= 0.3 is 0 Å². The van der Waals surface area contributed by atoms with Crippen molar-refractivity contribution >= 4 is 0 Å². The first-order chi connectivity index (χ1) is 9.33. The van der Waals surface area contributed by atoms with Crippen molar-refractivity contribution in [3.63, 3.8) is 0 Å². The van der Waals surface area contributed by atoms with E-state index in [2.05, 4.69) is 15.3 Å². The van der Waals surface area contributed by atoms with Gasteiger partial charge < -0.3 is 10.1 Å². The van der Waals surface area contributed by atoms with Crippen LogP contribution in [0.3, 0.4) is 0 Å². The predicted octanol–water partition coefficient (Wildman–Crippen LogP) is 2.02. The topological polar surface area (TPSA) is 47.0 Å². The van der Waals surface area contributed by atoms with Crippen LogP contribution in [0.15, 0.2) is 36.7 Å². The summed E-state index contributed by atoms with van der Waals surface area (Å²) in [6.07, 6.45) is 4.33. The van der Waals surface area contributed by atoms with Gasteiger partial charge in [-0.1, -0.05) is 12.1 Å². The molecule has 1 aliphatic rings. The summed E-state index contributed by atoms with van der Waals surface area (Å²) in [4.78, 5) is 8.31. The molecule has 0 bridgehead atoms. The number of hydrogen-bond acceptors (Lipinski definition) is 4. The molecule has 0 radical (unpaired) electrons. The molecule has 4 nitrogen and oxygen atoms in total. The third-order valence-corrected chi connectivity index (χ3v) is 3.06. The third-order valence-electron chi connectivity index (χ3n) is 3.06. The number of nitrogens with one attached hydrogen (secondary N) is 1. The van der Waals surface area contributed by atoms with E-state index >= 15 is 0 Å². The maximum absolute atomic E-state index is 13.6. The predicted molar refractivity (Wildman–Crippen MR) is 69.3 cm³/mol. The standard InChI is InChI=1S/C14H14FN3O/c15-13-4-2-1-3-12(13)14-17-8-11(9-18-14)19-10-5-6-16-7-10/h1-4,8-10,16H,5-7H2. The molecular formula is C14H14FN3O. The van der Waals surface area contributed by atoms with E-state index in [1.807, 2.05) is 0 Å². The van der Waals surface area contributed by atoms with Gasteiger partial charge in [-0.2, -0.15) is 0 Å². The molecule has 5 heteroatoms. The zero-order chi connectivity index (χ0) is 13.1. The molecule has 3 rings (SSSR count). The maximum Gasteiger partial charge on any atom is 0.162 e. The fraction of sp³-hybridized carbons (Fsp3) is 0.286. The molecule has 1 unspecified atom stereocenters. The number of hydrogen-bond donors (Lipinski definition) is 1. The lowest BCUT2D eigenvalue weighted by Crippen LogP contribution is -2.19. The Hall–Kier alpha value is -2.01. The van der Waals surface area contributed by atoms with Gasteiger partial charge in [-0.25, -0.2) is 14.4 Å². The summed E-state index contributed by atoms with van der Waals surface area (Å²) >= 11 is 0. The first-order valence-corrected chi connectivity index (χ1v) is 6.27. The van der Waals surface area contributed by atoms with Crippen molar-refractivity contribution in [1.29, 1.82) is 0 Å². The lowest BCUT2D eigenvalue weighted by molar-refractivity contribution is 0.221. The van der Waals surface area contributed by atoms with Crippen LogP contribution in [0.2, 0.25) is 0 Å². The molecular weight excluding hydrogens is 245 g/mol. The van der Waals surface area contributed by atoms with Gasteiger partial charge in [0.05, 0.1) is 18.0 Å². The van der Waals surface area contributed by atoms with Gasteiger partial charge in [0.15, 0.2) is 11.6 Å². The molecule has 1 fully saturated rings. The number of aromatic nitrogens is 2. The third kappa shape index (κ3) is 2.71. The van der Waals surface area contributed by atoms with E-state index in [0.717, 1.165) is 19.5 Å². The quantitative estimate of drug-likeness (QED) is 0.916. The van der Waals surface area contributed by atoms with Gasteiger partial charge in [-0.15, -0.1) is 0 Å². The zero-order valence-corrected chi connectivity index (χ0v) is 10.3. The van der Waals surface area contributed by atoms with Gasteiger partial charge in [0.1, 0.15) is 11.9 Å². The summed E-state index contributed by atoms with van der Waals surface area (Å²) in [5.74, 6) is 0.667. The Bertz CT molecular complexity index is 553. The number of nitrogens with zero attached hydrogens (tertiary/aromatic N) is 2. The molecule has 0 amide bonds. The van der Waals surface area contributed by atoms with E-state index in [0.29, 0.717) is 17.1 Å². The number of rotatable bonds is 3. The van der Waals surface area contributed by atoms with Crippen LogP contribution >= 0.6 is 0 Å². The fourth-order valence-corrected chi connectivity index (χ4v) is 2.08. The van der Waals surface area contributed by atoms with Crippen LogP contribution in [0.1, 0.15) is 6.42 Å². The zero-order valence-electron chi connectivity index (χ0n) is 10.3. The average molecular weight is 259 g/mol. The SMILES string of the molecule is Fc1ccccc1-c1ncc(OC2CCNC2)cn1. The lowest BCUT2D eigenvalue weighted by Gasteiger charge is -2.11. The van der Waals surface area contributed by atoms with Crippen LogP contribution in [0.25, 0.3) is 11.4 Å². The Morgan fingerprint density at radius 1 is 1.21 bits per heavy atom. The lowest BCUT2D eigenvalue weighted by atomic mass is 10.2. The second kappa shape index (κ2) is 5.32. The summed E-state index contributed by atoms with van der Waals surface area (Å²) in [7, 11) is 0. The minimum Gasteiger partial charge on any atom is -0.486 e. The van der Waals surface area contributed by atoms with Crippen molar-refractivity contribution in [2.24, 2.45) is 0 Å². The van der Waals surface area contributed by atoms with Crippen LogP contribution in [-0.2, 0) is 0 Å². The molecule has 0 aliphatic carbocycles. The molecule has 0 spiro atoms. The molecule has 1 atom stereocenters. The van der Waals surface area contributed by atoms with E-state index < -0.39 is 0 Å². The Morgan fingerprint density at radius 2 is 2.00 bits per heavy atom. The highest BCUT2D eigenvalue weighted by atomic mass is 19.1. The molecule has 1 aliphatic heterocycles. The highest BCUT2D eigenvalue weighted by molar-refractivity contribution is 5.55. The summed E-state index contributed by atoms with van der Waals surface area (Å²) < 4.78 is 19.3. The molecule has 2 heterocycles. The van der Waals surface area contributed by atoms with Crippen molar-refractivity contribution in [2.45, 2.75) is 12.5 Å². The average Bonchev–Trinajstić information content (AvgIpc) is 2.93. The summed E-state index contributed by atoms with van der Waals surface area (Å²) in [6, 6.07) is 6.46. The smallest absolute Gasteiger partial charge is 0.162 e. The number of halogens is 1. The van der Waals surface area contributed by atoms with E-state index in [1.54, 1.807) is 30.6 Å². The van der Waals surface area contributed by atoms with Crippen LogP contribution < -0.4 is 10.1 Å². The molecule has 1 N–H and O–H groups in total. The van der Waals surface area contributed by atoms with Crippen LogP contribution in [0.4, 0.5) is 4.39 Å². The van der Waals surface area contributed by atoms with Crippen molar-refractivity contribution in [2.75, 3.05) is 13.1 Å². The highest BCUT2D eigenvalue weighted by Gasteiger charge is 2.16. The van der Waals surface area contributed by atoms with E-state index in [1.165, 1.54) is 6.07 Å². The molecule has 19 heavy (non-hydrogen) atoms. The Morgan fingerprint density at radius 3 is 2.68 bits per heavy atom. The molecule has 1 saturated heterocycles. The van der Waals surface area contributed by atoms with Crippen LogP contribution in [0.5, 0.6) is 5.75 Å². The van der Waals surface area contributed by atoms with Crippen LogP contribution in [-0.4, -0.2) is 29.2 Å². The van der Waals surface area contributed by atoms with E-state index in [-0.39, 0.29) is 11.9 Å². The van der Waals surface area contributed by atoms with Crippen molar-refractivity contribution in [3.8, 4) is 17.1 Å². The summed E-state index contributed by atoms with van der Waals surface area (Å²) in [5, 5.41) is 3.22. The number of benzene rings is 1. The maximum atomic E-state index is 13.6. The first kappa shape index (κ1) is 12.0. The fourth-order valence-electron chi connectivity index (χ4n) is 2.08. The normalized spacial score (nSPS) is 18.5. The second-order valence-corrected chi connectivity index (χ2v) is 4.45. The molecule has 0 saturated carbocycles. The minimum absolute atomic E-state index is 0.169. The van der Waals surface area contributed by atoms with Crippen molar-refractivity contribution < 1.29 is 9.13 Å². The van der Waals surface area contributed by atoms with Crippen molar-refractivity contribution in [3.05, 3.63) is 42.5 Å². The monoisotopic (exact) mass is 259 g/mol. The highest BCUT2D eigenvalue weighted by Crippen LogP contribution is 2.20. The molecule has 98 valence electrons. The van der Waals surface area contributed by atoms with Crippen LogP contribution in [0, 0.1) is 5.82 Å². The second-order valence-electron chi connectivity index (χ2n) is 4.45. The minimum atomic E-state index is -0.323. The van der Waals surface area contributed by atoms with Gasteiger partial charge in [0.2, 0.25) is 0 Å². The van der Waals surface area contributed by atoms with Gasteiger partial charge in [0.25, 0.3) is 0 Å². The van der Waals surface area contributed by atoms with Gasteiger partial charge in [0, 0.05) is 6.54 Å². The largest absolute Gasteiger partial charge is 0.486 e. The molecule has 1 aromatic carbocycles. The number of ether oxygens (including phenoxy) is 1. The van der Waals surface area contributed by atoms with Gasteiger partial charge in [-0.05, 0) is 25.1 Å². The van der Waals surface area contributed by atoms with E-state index in [4.69, 9.17) is 4.74 Å². The molecule has 2 aromatic rings. The summed E-state index contributed by atoms with van der Waals surface area (Å²) in [5.41, 5.74) is 0.400. The van der Waals surface area contributed by atoms with Crippen molar-refractivity contribution in [1.82, 2.24) is 15.3 Å². The van der Waals surface area contributed by atoms with E-state index in [9.17, 15) is 4.39 Å². The first-order valence-electron chi connectivity index (χ1n) is 6.27. The Kier molecular flexibility index (Phi) is 3.37. The molecule has 1 aromatic heterocycles.